The van der Waals surface area contributed by atoms with Gasteiger partial charge in [-0.05, 0) is 50.7 Å². The van der Waals surface area contributed by atoms with Gasteiger partial charge in [0, 0.05) is 44.0 Å². The molecule has 1 atom stereocenters. The molecule has 148 valence electrons. The van der Waals surface area contributed by atoms with E-state index in [4.69, 9.17) is 4.74 Å². The molecule has 0 aromatic carbocycles. The molecular weight excluding hydrogens is 344 g/mol. The molecule has 0 radical (unpaired) electrons. The van der Waals surface area contributed by atoms with Crippen LogP contribution in [0, 0.1) is 5.92 Å². The van der Waals surface area contributed by atoms with E-state index in [1.54, 1.807) is 24.1 Å². The fourth-order valence-electron chi connectivity index (χ4n) is 3.82. The number of nitrogens with zero attached hydrogens (tertiary/aromatic N) is 3. The SMILES string of the molecule is CCOC(=O)N1CCC(NC(=O)c2ccnc(N3CCCC(C)C3)c2)CC1. The van der Waals surface area contributed by atoms with Crippen LogP contribution in [0.5, 0.6) is 0 Å². The Morgan fingerprint density at radius 1 is 1.26 bits per heavy atom. The molecule has 1 unspecified atom stereocenters. The summed E-state index contributed by atoms with van der Waals surface area (Å²) < 4.78 is 5.03. The number of carbonyl (C=O) groups is 2. The zero-order valence-corrected chi connectivity index (χ0v) is 16.3. The first-order chi connectivity index (χ1) is 13.1. The molecule has 0 spiro atoms. The molecule has 1 N–H and O–H groups in total. The highest BCUT2D eigenvalue weighted by Crippen LogP contribution is 2.22. The van der Waals surface area contributed by atoms with Crippen LogP contribution >= 0.6 is 0 Å². The summed E-state index contributed by atoms with van der Waals surface area (Å²) in [5.74, 6) is 1.47. The molecule has 3 rings (SSSR count). The fraction of sp³-hybridized carbons (Fsp3) is 0.650. The molecule has 27 heavy (non-hydrogen) atoms. The average Bonchev–Trinajstić information content (AvgIpc) is 2.69. The second-order valence-electron chi connectivity index (χ2n) is 7.53. The molecule has 2 fully saturated rings. The Morgan fingerprint density at radius 3 is 2.74 bits per heavy atom. The van der Waals surface area contributed by atoms with Gasteiger partial charge in [0.15, 0.2) is 0 Å². The minimum Gasteiger partial charge on any atom is -0.450 e. The van der Waals surface area contributed by atoms with Crippen LogP contribution in [0.15, 0.2) is 18.3 Å². The maximum atomic E-state index is 12.7. The highest BCUT2D eigenvalue weighted by atomic mass is 16.6. The molecular formula is C20H30N4O3. The van der Waals surface area contributed by atoms with Gasteiger partial charge in [0.25, 0.3) is 5.91 Å². The molecule has 7 heteroatoms. The zero-order chi connectivity index (χ0) is 19.2. The molecule has 0 bridgehead atoms. The summed E-state index contributed by atoms with van der Waals surface area (Å²) >= 11 is 0. The summed E-state index contributed by atoms with van der Waals surface area (Å²) in [6.45, 7) is 7.65. The monoisotopic (exact) mass is 374 g/mol. The lowest BCUT2D eigenvalue weighted by molar-refractivity contribution is 0.0860. The van der Waals surface area contributed by atoms with Crippen molar-refractivity contribution >= 4 is 17.8 Å². The number of ether oxygens (including phenoxy) is 1. The summed E-state index contributed by atoms with van der Waals surface area (Å²) in [6.07, 6.45) is 5.35. The summed E-state index contributed by atoms with van der Waals surface area (Å²) in [5.41, 5.74) is 0.644. The number of aromatic nitrogens is 1. The second kappa shape index (κ2) is 9.06. The van der Waals surface area contributed by atoms with Crippen molar-refractivity contribution in [3.8, 4) is 0 Å². The van der Waals surface area contributed by atoms with E-state index in [2.05, 4.69) is 22.1 Å². The molecule has 1 aromatic heterocycles. The van der Waals surface area contributed by atoms with Crippen LogP contribution in [0.1, 0.15) is 49.9 Å². The number of nitrogens with one attached hydrogen (secondary N) is 1. The number of piperidine rings is 2. The molecule has 2 saturated heterocycles. The molecule has 2 aliphatic heterocycles. The van der Waals surface area contributed by atoms with E-state index in [-0.39, 0.29) is 18.0 Å². The Balaban J connectivity index is 1.54. The van der Waals surface area contributed by atoms with Gasteiger partial charge in [0.2, 0.25) is 0 Å². The van der Waals surface area contributed by atoms with E-state index in [1.165, 1.54) is 6.42 Å². The van der Waals surface area contributed by atoms with Crippen LogP contribution in [0.2, 0.25) is 0 Å². The van der Waals surface area contributed by atoms with E-state index in [9.17, 15) is 9.59 Å². The molecule has 2 amide bonds. The van der Waals surface area contributed by atoms with Gasteiger partial charge in [-0.1, -0.05) is 6.92 Å². The summed E-state index contributed by atoms with van der Waals surface area (Å²) in [6, 6.07) is 3.73. The second-order valence-corrected chi connectivity index (χ2v) is 7.53. The number of pyridine rings is 1. The van der Waals surface area contributed by atoms with Crippen LogP contribution in [-0.4, -0.2) is 60.7 Å². The van der Waals surface area contributed by atoms with Gasteiger partial charge >= 0.3 is 6.09 Å². The topological polar surface area (TPSA) is 74.8 Å². The fourth-order valence-corrected chi connectivity index (χ4v) is 3.82. The van der Waals surface area contributed by atoms with Gasteiger partial charge in [-0.25, -0.2) is 9.78 Å². The Bertz CT molecular complexity index is 658. The molecule has 0 saturated carbocycles. The van der Waals surface area contributed by atoms with Crippen molar-refractivity contribution in [3.63, 3.8) is 0 Å². The maximum Gasteiger partial charge on any atom is 0.409 e. The maximum absolute atomic E-state index is 12.7. The first kappa shape index (κ1) is 19.5. The number of likely N-dealkylation sites (tertiary alicyclic amines) is 1. The summed E-state index contributed by atoms with van der Waals surface area (Å²) in [4.78, 5) is 32.9. The Labute approximate surface area is 161 Å². The first-order valence-electron chi connectivity index (χ1n) is 10.0. The number of carbonyl (C=O) groups excluding carboxylic acids is 2. The lowest BCUT2D eigenvalue weighted by Gasteiger charge is -2.32. The highest BCUT2D eigenvalue weighted by Gasteiger charge is 2.25. The van der Waals surface area contributed by atoms with E-state index in [0.717, 1.165) is 38.2 Å². The Hall–Kier alpha value is -2.31. The average molecular weight is 374 g/mol. The lowest BCUT2D eigenvalue weighted by Crippen LogP contribution is -2.46. The van der Waals surface area contributed by atoms with Gasteiger partial charge < -0.3 is 19.9 Å². The van der Waals surface area contributed by atoms with Crippen molar-refractivity contribution in [2.45, 2.75) is 45.6 Å². The van der Waals surface area contributed by atoms with Crippen molar-refractivity contribution in [2.24, 2.45) is 5.92 Å². The van der Waals surface area contributed by atoms with Crippen LogP contribution in [0.4, 0.5) is 10.6 Å². The minimum absolute atomic E-state index is 0.0710. The molecule has 7 nitrogen and oxygen atoms in total. The van der Waals surface area contributed by atoms with E-state index in [1.807, 2.05) is 6.07 Å². The Kier molecular flexibility index (Phi) is 6.53. The molecule has 3 heterocycles. The third-order valence-electron chi connectivity index (χ3n) is 5.34. The van der Waals surface area contributed by atoms with Gasteiger partial charge in [-0.3, -0.25) is 4.79 Å². The number of anilines is 1. The number of amides is 2. The standard InChI is InChI=1S/C20H30N4O3/c1-3-27-20(26)23-11-7-17(8-12-23)22-19(25)16-6-9-21-18(13-16)24-10-4-5-15(2)14-24/h6,9,13,15,17H,3-5,7-8,10-12,14H2,1-2H3,(H,22,25). The van der Waals surface area contributed by atoms with Crippen LogP contribution < -0.4 is 10.2 Å². The normalized spacial score (nSPS) is 21.0. The number of rotatable bonds is 4. The zero-order valence-electron chi connectivity index (χ0n) is 16.3. The molecule has 1 aromatic rings. The van der Waals surface area contributed by atoms with Gasteiger partial charge in [0.1, 0.15) is 5.82 Å². The largest absolute Gasteiger partial charge is 0.450 e. The van der Waals surface area contributed by atoms with Crippen LogP contribution in [-0.2, 0) is 4.74 Å². The van der Waals surface area contributed by atoms with Gasteiger partial charge in [-0.2, -0.15) is 0 Å². The number of hydrogen-bond acceptors (Lipinski definition) is 5. The van der Waals surface area contributed by atoms with Crippen molar-refractivity contribution in [1.82, 2.24) is 15.2 Å². The first-order valence-corrected chi connectivity index (χ1v) is 10.0. The van der Waals surface area contributed by atoms with Crippen molar-refractivity contribution in [3.05, 3.63) is 23.9 Å². The highest BCUT2D eigenvalue weighted by molar-refractivity contribution is 5.95. The van der Waals surface area contributed by atoms with Crippen molar-refractivity contribution in [2.75, 3.05) is 37.7 Å². The van der Waals surface area contributed by atoms with E-state index < -0.39 is 0 Å². The number of hydrogen-bond donors (Lipinski definition) is 1. The third kappa shape index (κ3) is 5.11. The predicted octanol–water partition coefficient (Wildman–Crippen LogP) is 2.67. The third-order valence-corrected chi connectivity index (χ3v) is 5.34. The lowest BCUT2D eigenvalue weighted by atomic mass is 10.0. The minimum atomic E-state index is -0.267. The van der Waals surface area contributed by atoms with Crippen molar-refractivity contribution < 1.29 is 14.3 Å². The quantitative estimate of drug-likeness (QED) is 0.877. The van der Waals surface area contributed by atoms with Crippen molar-refractivity contribution in [1.29, 1.82) is 0 Å². The smallest absolute Gasteiger partial charge is 0.409 e. The Morgan fingerprint density at radius 2 is 2.04 bits per heavy atom. The van der Waals surface area contributed by atoms with Gasteiger partial charge in [-0.15, -0.1) is 0 Å². The molecule has 0 aliphatic carbocycles. The van der Waals surface area contributed by atoms with Gasteiger partial charge in [0.05, 0.1) is 6.61 Å². The summed E-state index contributed by atoms with van der Waals surface area (Å²) in [7, 11) is 0. The predicted molar refractivity (Wildman–Crippen MR) is 104 cm³/mol. The van der Waals surface area contributed by atoms with Crippen LogP contribution in [0.25, 0.3) is 0 Å². The molecule has 2 aliphatic rings. The van der Waals surface area contributed by atoms with Crippen LogP contribution in [0.3, 0.4) is 0 Å². The van der Waals surface area contributed by atoms with E-state index in [0.29, 0.717) is 31.2 Å². The summed E-state index contributed by atoms with van der Waals surface area (Å²) in [5, 5.41) is 3.10. The van der Waals surface area contributed by atoms with E-state index >= 15 is 0 Å².